The number of carboxylic acids is 1. The Morgan fingerprint density at radius 3 is 2.17 bits per heavy atom. The summed E-state index contributed by atoms with van der Waals surface area (Å²) in [6.45, 7) is 2.75. The van der Waals surface area contributed by atoms with E-state index in [-0.39, 0.29) is 12.5 Å². The van der Waals surface area contributed by atoms with Crippen molar-refractivity contribution in [2.45, 2.75) is 18.6 Å². The third kappa shape index (κ3) is 6.08. The van der Waals surface area contributed by atoms with E-state index in [9.17, 15) is 26.4 Å². The van der Waals surface area contributed by atoms with Crippen LogP contribution < -0.4 is 4.90 Å². The molecule has 1 saturated heterocycles. The Kier molecular flexibility index (Phi) is 7.69. The number of imidazole rings is 1. The molecule has 4 heterocycles. The van der Waals surface area contributed by atoms with Crippen molar-refractivity contribution in [2.75, 3.05) is 43.9 Å². The van der Waals surface area contributed by atoms with Crippen LogP contribution in [0.15, 0.2) is 30.9 Å². The third-order valence-corrected chi connectivity index (χ3v) is 6.95. The molecule has 1 amide bonds. The van der Waals surface area contributed by atoms with Crippen molar-refractivity contribution in [3.05, 3.63) is 42.2 Å². The van der Waals surface area contributed by atoms with Gasteiger partial charge in [0.2, 0.25) is 15.9 Å². The number of nitrogens with zero attached hydrogens (tertiary/aromatic N) is 6. The number of hydrogen-bond donors (Lipinski definition) is 1. The molecular weight excluding hydrogens is 493 g/mol. The number of fused-ring (bicyclic) bond motifs is 1. The Morgan fingerprint density at radius 2 is 1.66 bits per heavy atom. The first-order valence-corrected chi connectivity index (χ1v) is 12.4. The standard InChI is InChI=1S/C18H24N6O3S.C2HF3O2/c1-21-13-20-15-5-8-24(28(2,26)27)17(16(15)21)18(25)23-11-9-22(10-12-23)14-3-6-19-7-4-14;3-2(4,5)1(6)7/h3-4,6-7,13,17H,5,8-12H2,1-2H3;(H,6,7). The van der Waals surface area contributed by atoms with Gasteiger partial charge < -0.3 is 19.5 Å². The maximum Gasteiger partial charge on any atom is 0.490 e. The number of rotatable bonds is 3. The summed E-state index contributed by atoms with van der Waals surface area (Å²) in [5.74, 6) is -2.93. The summed E-state index contributed by atoms with van der Waals surface area (Å²) < 4.78 is 59.6. The molecule has 1 unspecified atom stereocenters. The number of carbonyl (C=O) groups is 2. The number of hydrogen-bond acceptors (Lipinski definition) is 7. The van der Waals surface area contributed by atoms with Crippen molar-refractivity contribution < 1.29 is 36.3 Å². The highest BCUT2D eigenvalue weighted by Crippen LogP contribution is 2.32. The lowest BCUT2D eigenvalue weighted by atomic mass is 10.0. The molecule has 15 heteroatoms. The second-order valence-corrected chi connectivity index (χ2v) is 9.97. The highest BCUT2D eigenvalue weighted by molar-refractivity contribution is 7.88. The van der Waals surface area contributed by atoms with Crippen LogP contribution in [0.2, 0.25) is 0 Å². The van der Waals surface area contributed by atoms with Crippen LogP contribution in [0.25, 0.3) is 0 Å². The second-order valence-electron chi connectivity index (χ2n) is 8.03. The molecule has 0 bridgehead atoms. The zero-order valence-corrected chi connectivity index (χ0v) is 19.8. The highest BCUT2D eigenvalue weighted by atomic mass is 32.2. The number of carbonyl (C=O) groups excluding carboxylic acids is 1. The van der Waals surface area contributed by atoms with E-state index in [4.69, 9.17) is 9.90 Å². The van der Waals surface area contributed by atoms with Gasteiger partial charge >= 0.3 is 12.1 Å². The van der Waals surface area contributed by atoms with E-state index in [1.54, 1.807) is 35.2 Å². The molecule has 192 valence electrons. The zero-order valence-electron chi connectivity index (χ0n) is 19.0. The van der Waals surface area contributed by atoms with Gasteiger partial charge in [0.25, 0.3) is 0 Å². The molecule has 1 atom stereocenters. The molecule has 2 aromatic heterocycles. The number of carboxylic acid groups (broad SMARTS) is 1. The minimum atomic E-state index is -5.08. The number of aryl methyl sites for hydroxylation is 1. The average Bonchev–Trinajstić information content (AvgIpc) is 3.19. The number of aliphatic carboxylic acids is 1. The third-order valence-electron chi connectivity index (χ3n) is 5.70. The number of piperazine rings is 1. The number of sulfonamides is 1. The van der Waals surface area contributed by atoms with Gasteiger partial charge in [0, 0.05) is 64.3 Å². The molecule has 4 rings (SSSR count). The predicted molar refractivity (Wildman–Crippen MR) is 118 cm³/mol. The van der Waals surface area contributed by atoms with Gasteiger partial charge in [-0.15, -0.1) is 0 Å². The minimum absolute atomic E-state index is 0.177. The maximum absolute atomic E-state index is 13.4. The first kappa shape index (κ1) is 26.4. The normalized spacial score (nSPS) is 18.9. The van der Waals surface area contributed by atoms with Crippen LogP contribution in [0.3, 0.4) is 0 Å². The van der Waals surface area contributed by atoms with Crippen LogP contribution >= 0.6 is 0 Å². The molecule has 0 spiro atoms. The van der Waals surface area contributed by atoms with E-state index in [1.807, 2.05) is 12.1 Å². The quantitative estimate of drug-likeness (QED) is 0.628. The van der Waals surface area contributed by atoms with Gasteiger partial charge in [0.05, 0.1) is 24.0 Å². The molecule has 2 aliphatic heterocycles. The van der Waals surface area contributed by atoms with Crippen LogP contribution in [0.5, 0.6) is 0 Å². The predicted octanol–water partition coefficient (Wildman–Crippen LogP) is 0.656. The SMILES string of the molecule is Cn1cnc2c1C(C(=O)N1CCN(c3ccncc3)CC1)N(S(C)(=O)=O)CC2.O=C(O)C(F)(F)F. The molecular formula is C20H25F3N6O5S. The van der Waals surface area contributed by atoms with E-state index in [2.05, 4.69) is 14.9 Å². The summed E-state index contributed by atoms with van der Waals surface area (Å²) in [5, 5.41) is 7.12. The molecule has 0 aliphatic carbocycles. The lowest BCUT2D eigenvalue weighted by Crippen LogP contribution is -2.54. The van der Waals surface area contributed by atoms with Gasteiger partial charge in [-0.3, -0.25) is 9.78 Å². The molecule has 1 fully saturated rings. The maximum atomic E-state index is 13.4. The van der Waals surface area contributed by atoms with Gasteiger partial charge in [0.1, 0.15) is 6.04 Å². The van der Waals surface area contributed by atoms with Crippen molar-refractivity contribution in [3.63, 3.8) is 0 Å². The highest BCUT2D eigenvalue weighted by Gasteiger charge is 2.43. The first-order chi connectivity index (χ1) is 16.3. The van der Waals surface area contributed by atoms with Crippen molar-refractivity contribution in [2.24, 2.45) is 7.05 Å². The molecule has 2 aromatic rings. The Hall–Kier alpha value is -3.20. The summed E-state index contributed by atoms with van der Waals surface area (Å²) >= 11 is 0. The second kappa shape index (κ2) is 10.2. The van der Waals surface area contributed by atoms with Gasteiger partial charge in [-0.2, -0.15) is 17.5 Å². The summed E-state index contributed by atoms with van der Waals surface area (Å²) in [6, 6.07) is 3.05. The Bertz CT molecular complexity index is 1160. The fraction of sp³-hybridized carbons (Fsp3) is 0.500. The van der Waals surface area contributed by atoms with Crippen molar-refractivity contribution in [3.8, 4) is 0 Å². The summed E-state index contributed by atoms with van der Waals surface area (Å²) in [4.78, 5) is 34.7. The van der Waals surface area contributed by atoms with Crippen LogP contribution in [0.1, 0.15) is 17.4 Å². The van der Waals surface area contributed by atoms with Gasteiger partial charge in [-0.1, -0.05) is 0 Å². The number of amides is 1. The topological polar surface area (TPSA) is 129 Å². The van der Waals surface area contributed by atoms with Crippen molar-refractivity contribution in [1.82, 2.24) is 23.7 Å². The molecule has 11 nitrogen and oxygen atoms in total. The summed E-state index contributed by atoms with van der Waals surface area (Å²) in [5.41, 5.74) is 2.56. The number of aromatic nitrogens is 3. The molecule has 35 heavy (non-hydrogen) atoms. The van der Waals surface area contributed by atoms with Crippen LogP contribution in [0.4, 0.5) is 18.9 Å². The number of anilines is 1. The van der Waals surface area contributed by atoms with E-state index in [1.165, 1.54) is 4.31 Å². The molecule has 0 radical (unpaired) electrons. The molecule has 0 aromatic carbocycles. The van der Waals surface area contributed by atoms with E-state index < -0.39 is 28.2 Å². The Labute approximate surface area is 199 Å². The fourth-order valence-corrected chi connectivity index (χ4v) is 5.02. The van der Waals surface area contributed by atoms with Gasteiger partial charge in [-0.25, -0.2) is 18.2 Å². The van der Waals surface area contributed by atoms with Gasteiger partial charge in [0.15, 0.2) is 0 Å². The Morgan fingerprint density at radius 1 is 1.09 bits per heavy atom. The fourth-order valence-electron chi connectivity index (χ4n) is 4.02. The minimum Gasteiger partial charge on any atom is -0.475 e. The first-order valence-electron chi connectivity index (χ1n) is 10.5. The zero-order chi connectivity index (χ0) is 26.0. The molecule has 2 aliphatic rings. The number of pyridine rings is 1. The average molecular weight is 519 g/mol. The number of halogens is 3. The van der Waals surface area contributed by atoms with Gasteiger partial charge in [-0.05, 0) is 12.1 Å². The largest absolute Gasteiger partial charge is 0.490 e. The van der Waals surface area contributed by atoms with Crippen LogP contribution in [-0.4, -0.2) is 94.3 Å². The summed E-state index contributed by atoms with van der Waals surface area (Å²) in [6.07, 6.45) is 1.75. The van der Waals surface area contributed by atoms with E-state index in [0.29, 0.717) is 38.3 Å². The van der Waals surface area contributed by atoms with Crippen LogP contribution in [0, 0.1) is 0 Å². The van der Waals surface area contributed by atoms with Crippen LogP contribution in [-0.2, 0) is 33.1 Å². The lowest BCUT2D eigenvalue weighted by molar-refractivity contribution is -0.192. The molecule has 0 saturated carbocycles. The molecule has 1 N–H and O–H groups in total. The monoisotopic (exact) mass is 518 g/mol. The van der Waals surface area contributed by atoms with E-state index >= 15 is 0 Å². The Balaban J connectivity index is 0.000000429. The van der Waals surface area contributed by atoms with E-state index in [0.717, 1.165) is 17.6 Å². The van der Waals surface area contributed by atoms with Crippen molar-refractivity contribution in [1.29, 1.82) is 0 Å². The lowest BCUT2D eigenvalue weighted by Gasteiger charge is -2.40. The smallest absolute Gasteiger partial charge is 0.475 e. The summed E-state index contributed by atoms with van der Waals surface area (Å²) in [7, 11) is -1.72. The number of alkyl halides is 3. The van der Waals surface area contributed by atoms with Crippen molar-refractivity contribution >= 4 is 27.6 Å².